The average Bonchev–Trinajstić information content (AvgIpc) is 2.03. The third-order valence-electron chi connectivity index (χ3n) is 2.16. The van der Waals surface area contributed by atoms with Crippen LogP contribution in [0.5, 0.6) is 0 Å². The van der Waals surface area contributed by atoms with Crippen molar-refractivity contribution < 1.29 is 8.78 Å². The Kier molecular flexibility index (Phi) is 2.04. The number of halogens is 2. The van der Waals surface area contributed by atoms with Gasteiger partial charge in [0, 0.05) is 6.54 Å². The standard InChI is InChI=1S/C10H11F2N/c11-10(12)7-13(8-10)6-9-4-2-1-3-5-9/h1-5H,6-8H2. The van der Waals surface area contributed by atoms with Gasteiger partial charge in [-0.2, -0.15) is 0 Å². The number of likely N-dealkylation sites (tertiary alicyclic amines) is 1. The molecule has 0 aromatic heterocycles. The van der Waals surface area contributed by atoms with Gasteiger partial charge in [-0.15, -0.1) is 0 Å². The lowest BCUT2D eigenvalue weighted by molar-refractivity contribution is -0.133. The summed E-state index contributed by atoms with van der Waals surface area (Å²) < 4.78 is 24.9. The van der Waals surface area contributed by atoms with E-state index in [1.165, 1.54) is 0 Å². The first-order valence-corrected chi connectivity index (χ1v) is 4.30. The molecule has 70 valence electrons. The maximum absolute atomic E-state index is 12.4. The fourth-order valence-corrected chi connectivity index (χ4v) is 1.56. The molecular formula is C10H11F2N. The molecule has 0 amide bonds. The zero-order chi connectivity index (χ0) is 9.31. The van der Waals surface area contributed by atoms with Crippen molar-refractivity contribution >= 4 is 0 Å². The SMILES string of the molecule is FC1(F)CN(Cc2ccccc2)C1. The van der Waals surface area contributed by atoms with Crippen molar-refractivity contribution in [1.29, 1.82) is 0 Å². The van der Waals surface area contributed by atoms with Crippen molar-refractivity contribution in [3.8, 4) is 0 Å². The minimum atomic E-state index is -2.45. The van der Waals surface area contributed by atoms with E-state index in [2.05, 4.69) is 0 Å². The van der Waals surface area contributed by atoms with Crippen LogP contribution in [0.25, 0.3) is 0 Å². The molecule has 1 fully saturated rings. The summed E-state index contributed by atoms with van der Waals surface area (Å²) in [6, 6.07) is 9.68. The number of hydrogen-bond acceptors (Lipinski definition) is 1. The van der Waals surface area contributed by atoms with E-state index in [1.54, 1.807) is 4.90 Å². The zero-order valence-electron chi connectivity index (χ0n) is 7.21. The Balaban J connectivity index is 1.88. The molecule has 0 unspecified atom stereocenters. The van der Waals surface area contributed by atoms with Crippen molar-refractivity contribution in [1.82, 2.24) is 4.90 Å². The van der Waals surface area contributed by atoms with Gasteiger partial charge < -0.3 is 0 Å². The Morgan fingerprint density at radius 2 is 1.77 bits per heavy atom. The third kappa shape index (κ3) is 2.04. The average molecular weight is 183 g/mol. The lowest BCUT2D eigenvalue weighted by Gasteiger charge is -2.38. The second-order valence-electron chi connectivity index (χ2n) is 3.49. The highest BCUT2D eigenvalue weighted by Crippen LogP contribution is 2.27. The highest BCUT2D eigenvalue weighted by molar-refractivity contribution is 5.15. The van der Waals surface area contributed by atoms with Crippen LogP contribution in [-0.2, 0) is 6.54 Å². The van der Waals surface area contributed by atoms with Gasteiger partial charge in [-0.05, 0) is 5.56 Å². The molecule has 3 heteroatoms. The van der Waals surface area contributed by atoms with E-state index in [0.717, 1.165) is 5.56 Å². The number of hydrogen-bond donors (Lipinski definition) is 0. The van der Waals surface area contributed by atoms with Crippen LogP contribution in [0.1, 0.15) is 5.56 Å². The van der Waals surface area contributed by atoms with E-state index in [9.17, 15) is 8.78 Å². The number of rotatable bonds is 2. The van der Waals surface area contributed by atoms with Crippen molar-refractivity contribution in [3.63, 3.8) is 0 Å². The molecule has 1 nitrogen and oxygen atoms in total. The molecule has 0 spiro atoms. The molecule has 0 aliphatic carbocycles. The second-order valence-corrected chi connectivity index (χ2v) is 3.49. The van der Waals surface area contributed by atoms with E-state index >= 15 is 0 Å². The molecule has 1 heterocycles. The minimum Gasteiger partial charge on any atom is -0.287 e. The Hall–Kier alpha value is -0.960. The van der Waals surface area contributed by atoms with Gasteiger partial charge in [-0.3, -0.25) is 4.90 Å². The molecule has 0 bridgehead atoms. The van der Waals surface area contributed by atoms with Crippen LogP contribution in [0.2, 0.25) is 0 Å². The Morgan fingerprint density at radius 3 is 2.31 bits per heavy atom. The van der Waals surface area contributed by atoms with Gasteiger partial charge in [0.05, 0.1) is 13.1 Å². The first-order chi connectivity index (χ1) is 6.16. The van der Waals surface area contributed by atoms with E-state index in [1.807, 2.05) is 30.3 Å². The number of benzene rings is 1. The summed E-state index contributed by atoms with van der Waals surface area (Å²) in [5, 5.41) is 0. The molecule has 0 radical (unpaired) electrons. The molecule has 1 aromatic carbocycles. The fraction of sp³-hybridized carbons (Fsp3) is 0.400. The summed E-state index contributed by atoms with van der Waals surface area (Å²) in [6.07, 6.45) is 0. The van der Waals surface area contributed by atoms with Crippen molar-refractivity contribution in [3.05, 3.63) is 35.9 Å². The highest BCUT2D eigenvalue weighted by atomic mass is 19.3. The Morgan fingerprint density at radius 1 is 1.15 bits per heavy atom. The molecular weight excluding hydrogens is 172 g/mol. The van der Waals surface area contributed by atoms with Crippen LogP contribution in [-0.4, -0.2) is 23.9 Å². The second kappa shape index (κ2) is 3.07. The van der Waals surface area contributed by atoms with Crippen molar-refractivity contribution in [2.24, 2.45) is 0 Å². The molecule has 1 aliphatic rings. The maximum atomic E-state index is 12.4. The number of alkyl halides is 2. The molecule has 1 saturated heterocycles. The summed E-state index contributed by atoms with van der Waals surface area (Å²) in [5.74, 6) is -2.45. The molecule has 13 heavy (non-hydrogen) atoms. The number of nitrogens with zero attached hydrogens (tertiary/aromatic N) is 1. The maximum Gasteiger partial charge on any atom is 0.272 e. The minimum absolute atomic E-state index is 0.0953. The van der Waals surface area contributed by atoms with E-state index in [0.29, 0.717) is 6.54 Å². The molecule has 0 N–H and O–H groups in total. The summed E-state index contributed by atoms with van der Waals surface area (Å²) >= 11 is 0. The van der Waals surface area contributed by atoms with E-state index in [-0.39, 0.29) is 13.1 Å². The highest BCUT2D eigenvalue weighted by Gasteiger charge is 2.43. The lowest BCUT2D eigenvalue weighted by Crippen LogP contribution is -2.55. The largest absolute Gasteiger partial charge is 0.287 e. The van der Waals surface area contributed by atoms with E-state index < -0.39 is 5.92 Å². The molecule has 0 saturated carbocycles. The summed E-state index contributed by atoms with van der Waals surface area (Å²) in [7, 11) is 0. The van der Waals surface area contributed by atoms with Crippen molar-refractivity contribution in [2.45, 2.75) is 12.5 Å². The molecule has 0 atom stereocenters. The Bertz CT molecular complexity index is 276. The molecule has 1 aliphatic heterocycles. The van der Waals surface area contributed by atoms with Gasteiger partial charge in [0.1, 0.15) is 0 Å². The van der Waals surface area contributed by atoms with Gasteiger partial charge in [-0.25, -0.2) is 8.78 Å². The smallest absolute Gasteiger partial charge is 0.272 e. The summed E-state index contributed by atoms with van der Waals surface area (Å²) in [6.45, 7) is 0.445. The van der Waals surface area contributed by atoms with Crippen LogP contribution in [0.3, 0.4) is 0 Å². The van der Waals surface area contributed by atoms with Crippen LogP contribution >= 0.6 is 0 Å². The Labute approximate surface area is 76.0 Å². The van der Waals surface area contributed by atoms with Gasteiger partial charge in [0.25, 0.3) is 5.92 Å². The van der Waals surface area contributed by atoms with Gasteiger partial charge in [0.15, 0.2) is 0 Å². The van der Waals surface area contributed by atoms with E-state index in [4.69, 9.17) is 0 Å². The van der Waals surface area contributed by atoms with Crippen LogP contribution < -0.4 is 0 Å². The van der Waals surface area contributed by atoms with Gasteiger partial charge in [-0.1, -0.05) is 30.3 Å². The van der Waals surface area contributed by atoms with Crippen molar-refractivity contribution in [2.75, 3.05) is 13.1 Å². The molecule has 2 rings (SSSR count). The quantitative estimate of drug-likeness (QED) is 0.679. The topological polar surface area (TPSA) is 3.24 Å². The first kappa shape index (κ1) is 8.63. The monoisotopic (exact) mass is 183 g/mol. The summed E-state index contributed by atoms with van der Waals surface area (Å²) in [4.78, 5) is 1.75. The lowest BCUT2D eigenvalue weighted by atomic mass is 10.1. The first-order valence-electron chi connectivity index (χ1n) is 4.30. The third-order valence-corrected chi connectivity index (χ3v) is 2.16. The fourth-order valence-electron chi connectivity index (χ4n) is 1.56. The van der Waals surface area contributed by atoms with Crippen LogP contribution in [0.4, 0.5) is 8.78 Å². The summed E-state index contributed by atoms with van der Waals surface area (Å²) in [5.41, 5.74) is 1.10. The normalized spacial score (nSPS) is 21.1. The predicted molar refractivity (Wildman–Crippen MR) is 46.7 cm³/mol. The van der Waals surface area contributed by atoms with Gasteiger partial charge >= 0.3 is 0 Å². The van der Waals surface area contributed by atoms with Crippen LogP contribution in [0.15, 0.2) is 30.3 Å². The predicted octanol–water partition coefficient (Wildman–Crippen LogP) is 2.14. The molecule has 1 aromatic rings. The van der Waals surface area contributed by atoms with Gasteiger partial charge in [0.2, 0.25) is 0 Å². The zero-order valence-corrected chi connectivity index (χ0v) is 7.21. The van der Waals surface area contributed by atoms with Crippen LogP contribution in [0, 0.1) is 0 Å².